The number of benzene rings is 1. The van der Waals surface area contributed by atoms with Crippen molar-refractivity contribution in [2.24, 2.45) is 0 Å². The quantitative estimate of drug-likeness (QED) is 0.347. The summed E-state index contributed by atoms with van der Waals surface area (Å²) in [5.41, 5.74) is -1.66. The lowest BCUT2D eigenvalue weighted by Gasteiger charge is -2.16. The van der Waals surface area contributed by atoms with Gasteiger partial charge in [-0.25, -0.2) is 9.67 Å². The van der Waals surface area contributed by atoms with E-state index < -0.39 is 29.4 Å². The summed E-state index contributed by atoms with van der Waals surface area (Å²) >= 11 is 6.19. The maximum Gasteiger partial charge on any atom is 0.434 e. The molecule has 14 heteroatoms. The van der Waals surface area contributed by atoms with Crippen LogP contribution in [-0.2, 0) is 6.18 Å². The van der Waals surface area contributed by atoms with Crippen LogP contribution in [0.2, 0.25) is 5.02 Å². The van der Waals surface area contributed by atoms with Gasteiger partial charge in [0.15, 0.2) is 11.5 Å². The van der Waals surface area contributed by atoms with Crippen molar-refractivity contribution >= 4 is 34.0 Å². The third-order valence-corrected chi connectivity index (χ3v) is 5.68. The molecule has 0 fully saturated rings. The van der Waals surface area contributed by atoms with Crippen LogP contribution in [-0.4, -0.2) is 45.8 Å². The minimum Gasteiger partial charge on any atom is -0.387 e. The summed E-state index contributed by atoms with van der Waals surface area (Å²) in [4.78, 5) is 22.3. The Kier molecular flexibility index (Phi) is 6.09. The van der Waals surface area contributed by atoms with E-state index in [1.807, 2.05) is 0 Å². The Balaban J connectivity index is 1.55. The summed E-state index contributed by atoms with van der Waals surface area (Å²) in [6, 6.07) is 7.86. The first kappa shape index (κ1) is 24.3. The Bertz CT molecular complexity index is 1620. The van der Waals surface area contributed by atoms with E-state index in [1.54, 1.807) is 24.3 Å². The topological polar surface area (TPSA) is 124 Å². The molecule has 0 aliphatic carbocycles. The molecule has 0 spiro atoms. The van der Waals surface area contributed by atoms with Gasteiger partial charge in [-0.15, -0.1) is 4.80 Å². The average Bonchev–Trinajstić information content (AvgIpc) is 3.54. The average molecular weight is 529 g/mol. The largest absolute Gasteiger partial charge is 0.434 e. The van der Waals surface area contributed by atoms with E-state index in [2.05, 4.69) is 30.6 Å². The number of aliphatic hydroxyl groups excluding tert-OH is 1. The number of carbonyl (C=O) groups excluding carboxylic acids is 1. The number of hydrogen-bond acceptors (Lipinski definition) is 7. The maximum absolute atomic E-state index is 14.3. The number of nitrogens with one attached hydrogen (secondary N) is 1. The zero-order valence-corrected chi connectivity index (χ0v) is 19.6. The highest BCUT2D eigenvalue weighted by Gasteiger charge is 2.41. The summed E-state index contributed by atoms with van der Waals surface area (Å²) in [6.07, 6.45) is 0.162. The monoisotopic (exact) mass is 528 g/mol. The van der Waals surface area contributed by atoms with Gasteiger partial charge in [0.25, 0.3) is 5.91 Å². The molecule has 0 saturated heterocycles. The molecule has 1 aromatic carbocycles. The minimum absolute atomic E-state index is 0.00726. The van der Waals surface area contributed by atoms with Gasteiger partial charge >= 0.3 is 6.18 Å². The van der Waals surface area contributed by atoms with Crippen LogP contribution in [0.15, 0.2) is 61.3 Å². The highest BCUT2D eigenvalue weighted by atomic mass is 35.5. The molecule has 0 unspecified atom stereocenters. The van der Waals surface area contributed by atoms with Crippen LogP contribution in [0.5, 0.6) is 0 Å². The van der Waals surface area contributed by atoms with Crippen LogP contribution in [0, 0.1) is 0 Å². The summed E-state index contributed by atoms with van der Waals surface area (Å²) < 4.78 is 43.4. The second-order valence-electron chi connectivity index (χ2n) is 7.87. The van der Waals surface area contributed by atoms with Crippen LogP contribution in [0.25, 0.3) is 22.3 Å². The molecule has 0 bridgehead atoms. The van der Waals surface area contributed by atoms with E-state index >= 15 is 0 Å². The van der Waals surface area contributed by atoms with E-state index in [1.165, 1.54) is 37.8 Å². The minimum atomic E-state index is -4.95. The molecule has 1 atom stereocenters. The van der Waals surface area contributed by atoms with E-state index in [0.717, 1.165) is 11.0 Å². The summed E-state index contributed by atoms with van der Waals surface area (Å²) in [5, 5.41) is 25.0. The lowest BCUT2D eigenvalue weighted by Crippen LogP contribution is -2.21. The number of halogens is 4. The van der Waals surface area contributed by atoms with Crippen LogP contribution in [0.3, 0.4) is 0 Å². The zero-order valence-electron chi connectivity index (χ0n) is 18.8. The number of rotatable bonds is 5. The second-order valence-corrected chi connectivity index (χ2v) is 8.28. The van der Waals surface area contributed by atoms with Crippen molar-refractivity contribution in [1.82, 2.24) is 34.7 Å². The number of fused-ring (bicyclic) bond motifs is 1. The van der Waals surface area contributed by atoms with Crippen molar-refractivity contribution < 1.29 is 23.1 Å². The lowest BCUT2D eigenvalue weighted by atomic mass is 10.1. The first-order valence-electron chi connectivity index (χ1n) is 10.7. The van der Waals surface area contributed by atoms with Gasteiger partial charge in [-0.05, 0) is 13.0 Å². The molecule has 5 aromatic rings. The van der Waals surface area contributed by atoms with Gasteiger partial charge in [0.2, 0.25) is 0 Å². The molecule has 0 saturated carbocycles. The lowest BCUT2D eigenvalue weighted by molar-refractivity contribution is -0.143. The Labute approximate surface area is 211 Å². The van der Waals surface area contributed by atoms with Crippen molar-refractivity contribution in [3.8, 4) is 11.5 Å². The predicted octanol–water partition coefficient (Wildman–Crippen LogP) is 4.37. The van der Waals surface area contributed by atoms with Crippen molar-refractivity contribution in [2.75, 3.05) is 5.32 Å². The summed E-state index contributed by atoms with van der Waals surface area (Å²) in [7, 11) is 0. The zero-order chi connectivity index (χ0) is 26.3. The molecule has 188 valence electrons. The fraction of sp³-hybridized carbons (Fsp3) is 0.130. The molecule has 0 aliphatic heterocycles. The van der Waals surface area contributed by atoms with E-state index in [-0.39, 0.29) is 22.2 Å². The van der Waals surface area contributed by atoms with Crippen molar-refractivity contribution in [3.05, 3.63) is 83.3 Å². The van der Waals surface area contributed by atoms with Gasteiger partial charge in [0.05, 0.1) is 64.7 Å². The fourth-order valence-electron chi connectivity index (χ4n) is 3.84. The van der Waals surface area contributed by atoms with Gasteiger partial charge in [-0.1, -0.05) is 35.9 Å². The van der Waals surface area contributed by atoms with Gasteiger partial charge in [0, 0.05) is 10.8 Å². The Morgan fingerprint density at radius 3 is 2.41 bits per heavy atom. The van der Waals surface area contributed by atoms with Crippen LogP contribution >= 0.6 is 11.6 Å². The smallest absolute Gasteiger partial charge is 0.387 e. The van der Waals surface area contributed by atoms with Crippen LogP contribution in [0.4, 0.5) is 18.9 Å². The number of carbonyl (C=O) groups is 1. The van der Waals surface area contributed by atoms with Crippen LogP contribution < -0.4 is 5.32 Å². The standard InChI is InChI=1S/C23H16ClF3N8O2/c1-12(36)19-15-5-3-2-4-14(15)18(11-28-19)34-20(23(25,26)27)16(10-32-34)22(37)33-13-8-17(24)21(29-9-13)35-30-6-7-31-35/h2-12,36H,1H3,(H,33,37)/t12-/m0/s1. The number of anilines is 1. The molecular formula is C23H16ClF3N8O2. The Morgan fingerprint density at radius 2 is 1.76 bits per heavy atom. The number of hydrogen-bond donors (Lipinski definition) is 2. The molecule has 4 aromatic heterocycles. The number of alkyl halides is 3. The summed E-state index contributed by atoms with van der Waals surface area (Å²) in [6.45, 7) is 1.51. The molecule has 37 heavy (non-hydrogen) atoms. The molecular weight excluding hydrogens is 513 g/mol. The third kappa shape index (κ3) is 4.49. The molecule has 5 rings (SSSR count). The van der Waals surface area contributed by atoms with Gasteiger partial charge < -0.3 is 10.4 Å². The molecule has 2 N–H and O–H groups in total. The fourth-order valence-corrected chi connectivity index (χ4v) is 4.08. The maximum atomic E-state index is 14.3. The first-order chi connectivity index (χ1) is 17.6. The Morgan fingerprint density at radius 1 is 1.05 bits per heavy atom. The van der Waals surface area contributed by atoms with Crippen molar-refractivity contribution in [2.45, 2.75) is 19.2 Å². The highest BCUT2D eigenvalue weighted by Crippen LogP contribution is 2.36. The van der Waals surface area contributed by atoms with Crippen molar-refractivity contribution in [3.63, 3.8) is 0 Å². The molecule has 10 nitrogen and oxygen atoms in total. The molecule has 0 radical (unpaired) electrons. The number of amides is 1. The van der Waals surface area contributed by atoms with Crippen LogP contribution in [0.1, 0.15) is 34.8 Å². The SMILES string of the molecule is C[C@H](O)c1ncc(-n2ncc(C(=O)Nc3cnc(-n4nccn4)c(Cl)c3)c2C(F)(F)F)c2ccccc12. The molecule has 0 aliphatic rings. The van der Waals surface area contributed by atoms with Gasteiger partial charge in [-0.3, -0.25) is 9.78 Å². The number of aromatic nitrogens is 7. The van der Waals surface area contributed by atoms with E-state index in [9.17, 15) is 23.1 Å². The second kappa shape index (κ2) is 9.26. The molecule has 4 heterocycles. The normalized spacial score (nSPS) is 12.6. The summed E-state index contributed by atoms with van der Waals surface area (Å²) in [5.74, 6) is -0.896. The third-order valence-electron chi connectivity index (χ3n) is 5.40. The first-order valence-corrected chi connectivity index (χ1v) is 11.1. The highest BCUT2D eigenvalue weighted by molar-refractivity contribution is 6.32. The van der Waals surface area contributed by atoms with E-state index in [4.69, 9.17) is 11.6 Å². The Hall–Kier alpha value is -4.36. The number of aliphatic hydroxyl groups is 1. The molecule has 1 amide bonds. The predicted molar refractivity (Wildman–Crippen MR) is 127 cm³/mol. The van der Waals surface area contributed by atoms with Gasteiger partial charge in [-0.2, -0.15) is 28.5 Å². The van der Waals surface area contributed by atoms with Crippen molar-refractivity contribution in [1.29, 1.82) is 0 Å². The van der Waals surface area contributed by atoms with Gasteiger partial charge in [0.1, 0.15) is 0 Å². The number of pyridine rings is 2. The number of nitrogens with zero attached hydrogens (tertiary/aromatic N) is 7. The van der Waals surface area contributed by atoms with E-state index in [0.29, 0.717) is 21.1 Å².